The molecule has 0 bridgehead atoms. The van der Waals surface area contributed by atoms with Crippen molar-refractivity contribution in [3.63, 3.8) is 0 Å². The van der Waals surface area contributed by atoms with Crippen molar-refractivity contribution in [1.82, 2.24) is 20.0 Å². The maximum atomic E-state index is 12.4. The van der Waals surface area contributed by atoms with E-state index in [2.05, 4.69) is 27.4 Å². The molecule has 1 aromatic heterocycles. The zero-order valence-corrected chi connectivity index (χ0v) is 15.9. The lowest BCUT2D eigenvalue weighted by Gasteiger charge is -2.16. The maximum Gasteiger partial charge on any atom is 0.273 e. The number of rotatable bonds is 8. The van der Waals surface area contributed by atoms with E-state index in [1.165, 1.54) is 5.56 Å². The fourth-order valence-electron chi connectivity index (χ4n) is 3.11. The van der Waals surface area contributed by atoms with E-state index >= 15 is 0 Å². The zero-order chi connectivity index (χ0) is 19.9. The van der Waals surface area contributed by atoms with Gasteiger partial charge >= 0.3 is 0 Å². The molecule has 0 spiro atoms. The number of aromatic amines is 1. The van der Waals surface area contributed by atoms with Gasteiger partial charge in [0, 0.05) is 13.1 Å². The summed E-state index contributed by atoms with van der Waals surface area (Å²) in [5.74, 6) is -0.307. The standard InChI is InChI=1S/C21H24N4O3/c1-24(14-16-8-3-2-4-9-16)13-7-12-22-19(26)15-25-21(28)18-11-6-5-10-17(18)20(27)23-25/h2-6,8-11H,7,12-15H2,1H3,(H,22,26)(H,23,27). The van der Waals surface area contributed by atoms with Crippen LogP contribution < -0.4 is 16.4 Å². The number of H-pyrrole nitrogens is 1. The summed E-state index contributed by atoms with van der Waals surface area (Å²) >= 11 is 0. The predicted molar refractivity (Wildman–Crippen MR) is 109 cm³/mol. The second kappa shape index (κ2) is 9.14. The van der Waals surface area contributed by atoms with Crippen molar-refractivity contribution >= 4 is 16.7 Å². The van der Waals surface area contributed by atoms with Gasteiger partial charge in [-0.25, -0.2) is 4.68 Å². The number of carbonyl (C=O) groups excluding carboxylic acids is 1. The first kappa shape index (κ1) is 19.6. The number of fused-ring (bicyclic) bond motifs is 1. The van der Waals surface area contributed by atoms with Gasteiger partial charge in [0.15, 0.2) is 0 Å². The van der Waals surface area contributed by atoms with Crippen LogP contribution in [0.4, 0.5) is 0 Å². The first-order valence-electron chi connectivity index (χ1n) is 9.25. The van der Waals surface area contributed by atoms with E-state index < -0.39 is 0 Å². The molecule has 2 N–H and O–H groups in total. The molecule has 3 aromatic rings. The zero-order valence-electron chi connectivity index (χ0n) is 15.9. The topological polar surface area (TPSA) is 87.2 Å². The fourth-order valence-corrected chi connectivity index (χ4v) is 3.11. The Bertz CT molecular complexity index is 1060. The Morgan fingerprint density at radius 1 is 1.04 bits per heavy atom. The Kier molecular flexibility index (Phi) is 6.39. The van der Waals surface area contributed by atoms with Gasteiger partial charge < -0.3 is 10.2 Å². The molecule has 0 radical (unpaired) electrons. The van der Waals surface area contributed by atoms with Gasteiger partial charge in [0.1, 0.15) is 6.54 Å². The van der Waals surface area contributed by atoms with Gasteiger partial charge in [-0.15, -0.1) is 0 Å². The lowest BCUT2D eigenvalue weighted by molar-refractivity contribution is -0.121. The first-order chi connectivity index (χ1) is 13.5. The quantitative estimate of drug-likeness (QED) is 0.577. The summed E-state index contributed by atoms with van der Waals surface area (Å²) in [5.41, 5.74) is 0.479. The van der Waals surface area contributed by atoms with Gasteiger partial charge in [-0.3, -0.25) is 19.5 Å². The molecular formula is C21H24N4O3. The number of amides is 1. The molecule has 0 saturated heterocycles. The largest absolute Gasteiger partial charge is 0.354 e. The third-order valence-corrected chi connectivity index (χ3v) is 4.52. The van der Waals surface area contributed by atoms with Gasteiger partial charge in [0.25, 0.3) is 11.1 Å². The molecule has 28 heavy (non-hydrogen) atoms. The van der Waals surface area contributed by atoms with Gasteiger partial charge in [-0.1, -0.05) is 42.5 Å². The van der Waals surface area contributed by atoms with Crippen LogP contribution in [0.15, 0.2) is 64.2 Å². The van der Waals surface area contributed by atoms with Crippen molar-refractivity contribution in [2.45, 2.75) is 19.5 Å². The summed E-state index contributed by atoms with van der Waals surface area (Å²) in [4.78, 5) is 38.8. The molecule has 7 nitrogen and oxygen atoms in total. The van der Waals surface area contributed by atoms with Crippen LogP contribution in [0.5, 0.6) is 0 Å². The van der Waals surface area contributed by atoms with Crippen LogP contribution in [-0.2, 0) is 17.9 Å². The van der Waals surface area contributed by atoms with Crippen LogP contribution >= 0.6 is 0 Å². The highest BCUT2D eigenvalue weighted by atomic mass is 16.2. The Balaban J connectivity index is 1.48. The van der Waals surface area contributed by atoms with Crippen molar-refractivity contribution in [3.8, 4) is 0 Å². The smallest absolute Gasteiger partial charge is 0.273 e. The molecular weight excluding hydrogens is 356 g/mol. The average Bonchev–Trinajstić information content (AvgIpc) is 2.70. The lowest BCUT2D eigenvalue weighted by atomic mass is 10.2. The van der Waals surface area contributed by atoms with Gasteiger partial charge in [-0.2, -0.15) is 0 Å². The number of hydrogen-bond acceptors (Lipinski definition) is 4. The normalized spacial score (nSPS) is 11.1. The molecule has 0 atom stereocenters. The summed E-state index contributed by atoms with van der Waals surface area (Å²) in [6, 6.07) is 16.8. The highest BCUT2D eigenvalue weighted by molar-refractivity contribution is 5.81. The molecule has 1 heterocycles. The van der Waals surface area contributed by atoms with E-state index in [0.29, 0.717) is 17.3 Å². The maximum absolute atomic E-state index is 12.4. The number of aromatic nitrogens is 2. The van der Waals surface area contributed by atoms with Crippen molar-refractivity contribution in [2.75, 3.05) is 20.1 Å². The molecule has 2 aromatic carbocycles. The van der Waals surface area contributed by atoms with Crippen LogP contribution in [0.25, 0.3) is 10.8 Å². The number of benzene rings is 2. The molecule has 0 aliphatic carbocycles. The lowest BCUT2D eigenvalue weighted by Crippen LogP contribution is -2.37. The van der Waals surface area contributed by atoms with Gasteiger partial charge in [-0.05, 0) is 37.7 Å². The Morgan fingerprint density at radius 3 is 2.46 bits per heavy atom. The highest BCUT2D eigenvalue weighted by Gasteiger charge is 2.10. The Morgan fingerprint density at radius 2 is 1.71 bits per heavy atom. The number of nitrogens with zero attached hydrogens (tertiary/aromatic N) is 2. The van der Waals surface area contributed by atoms with E-state index in [1.54, 1.807) is 24.3 Å². The van der Waals surface area contributed by atoms with Crippen LogP contribution in [0, 0.1) is 0 Å². The van der Waals surface area contributed by atoms with E-state index in [0.717, 1.165) is 24.2 Å². The fraction of sp³-hybridized carbons (Fsp3) is 0.286. The minimum atomic E-state index is -0.384. The van der Waals surface area contributed by atoms with Crippen LogP contribution in [0.3, 0.4) is 0 Å². The minimum absolute atomic E-state index is 0.210. The molecule has 0 unspecified atom stereocenters. The predicted octanol–water partition coefficient (Wildman–Crippen LogP) is 1.33. The van der Waals surface area contributed by atoms with Crippen LogP contribution in [-0.4, -0.2) is 40.7 Å². The van der Waals surface area contributed by atoms with Crippen molar-refractivity contribution < 1.29 is 4.79 Å². The second-order valence-electron chi connectivity index (χ2n) is 6.80. The molecule has 0 aliphatic rings. The third-order valence-electron chi connectivity index (χ3n) is 4.52. The van der Waals surface area contributed by atoms with Gasteiger partial charge in [0.05, 0.1) is 10.8 Å². The van der Waals surface area contributed by atoms with Crippen molar-refractivity contribution in [2.24, 2.45) is 0 Å². The molecule has 146 valence electrons. The molecule has 1 amide bonds. The minimum Gasteiger partial charge on any atom is -0.354 e. The molecule has 0 aliphatic heterocycles. The van der Waals surface area contributed by atoms with Crippen molar-refractivity contribution in [3.05, 3.63) is 80.9 Å². The first-order valence-corrected chi connectivity index (χ1v) is 9.25. The Labute approximate surface area is 162 Å². The number of nitrogens with one attached hydrogen (secondary N) is 2. The molecule has 0 fully saturated rings. The Hall–Kier alpha value is -3.19. The number of carbonyl (C=O) groups is 1. The van der Waals surface area contributed by atoms with Crippen molar-refractivity contribution in [1.29, 1.82) is 0 Å². The molecule has 7 heteroatoms. The third kappa shape index (κ3) is 4.95. The van der Waals surface area contributed by atoms with E-state index in [4.69, 9.17) is 0 Å². The van der Waals surface area contributed by atoms with Crippen LogP contribution in [0.2, 0.25) is 0 Å². The molecule has 3 rings (SSSR count). The second-order valence-corrected chi connectivity index (χ2v) is 6.80. The SMILES string of the molecule is CN(CCCNC(=O)Cn1[nH]c(=O)c2ccccc2c1=O)Cc1ccccc1. The summed E-state index contributed by atoms with van der Waals surface area (Å²) in [7, 11) is 2.04. The monoisotopic (exact) mass is 380 g/mol. The summed E-state index contributed by atoms with van der Waals surface area (Å²) in [6.45, 7) is 1.98. The van der Waals surface area contributed by atoms with E-state index in [-0.39, 0.29) is 23.6 Å². The highest BCUT2D eigenvalue weighted by Crippen LogP contribution is 2.03. The number of hydrogen-bond donors (Lipinski definition) is 2. The molecule has 0 saturated carbocycles. The van der Waals surface area contributed by atoms with E-state index in [1.807, 2.05) is 25.2 Å². The average molecular weight is 380 g/mol. The summed E-state index contributed by atoms with van der Waals surface area (Å²) < 4.78 is 1.06. The summed E-state index contributed by atoms with van der Waals surface area (Å²) in [5, 5.41) is 5.89. The summed E-state index contributed by atoms with van der Waals surface area (Å²) in [6.07, 6.45) is 0.790. The van der Waals surface area contributed by atoms with Crippen LogP contribution in [0.1, 0.15) is 12.0 Å². The van der Waals surface area contributed by atoms with Gasteiger partial charge in [0.2, 0.25) is 5.91 Å². The van der Waals surface area contributed by atoms with E-state index in [9.17, 15) is 14.4 Å².